The normalized spacial score (nSPS) is 18.5. The van der Waals surface area contributed by atoms with E-state index in [0.29, 0.717) is 12.1 Å². The molecule has 0 amide bonds. The van der Waals surface area contributed by atoms with Crippen molar-refractivity contribution in [3.63, 3.8) is 0 Å². The summed E-state index contributed by atoms with van der Waals surface area (Å²) in [5.41, 5.74) is 1.47. The van der Waals surface area contributed by atoms with Gasteiger partial charge in [-0.1, -0.05) is 36.4 Å². The summed E-state index contributed by atoms with van der Waals surface area (Å²) in [7, 11) is 2.00. The summed E-state index contributed by atoms with van der Waals surface area (Å²) in [4.78, 5) is 50.6. The maximum Gasteiger partial charge on any atom is 0.333 e. The molecule has 6 N–H and O–H groups in total. The molecule has 2 aromatic heterocycles. The van der Waals surface area contributed by atoms with Crippen LogP contribution in [0.15, 0.2) is 83.2 Å². The van der Waals surface area contributed by atoms with Crippen LogP contribution in [0.4, 0.5) is 0 Å². The second kappa shape index (κ2) is 23.0. The average molecular weight is 646 g/mol. The third kappa shape index (κ3) is 12.4. The van der Waals surface area contributed by atoms with Crippen LogP contribution in [0.25, 0.3) is 0 Å². The zero-order valence-electron chi connectivity index (χ0n) is 23.0. The fourth-order valence-corrected chi connectivity index (χ4v) is 3.91. The SMILES string of the molecule is C=CC.O=PO.O=c1ccn(C2OC(CCO)C(O)C2O)c(=O)n1Cc1cc(Cc2ccccc2)ccn1.OP.OP. The van der Waals surface area contributed by atoms with Crippen molar-refractivity contribution in [2.45, 2.75) is 50.8 Å². The van der Waals surface area contributed by atoms with Gasteiger partial charge in [0.05, 0.1) is 18.3 Å². The molecule has 1 aliphatic rings. The molecule has 16 heteroatoms. The van der Waals surface area contributed by atoms with Crippen molar-refractivity contribution in [2.75, 3.05) is 6.61 Å². The molecule has 232 valence electrons. The zero-order valence-corrected chi connectivity index (χ0v) is 26.2. The Morgan fingerprint density at radius 1 is 1.05 bits per heavy atom. The Hall–Kier alpha value is -2.53. The van der Waals surface area contributed by atoms with Gasteiger partial charge in [0.25, 0.3) is 5.56 Å². The average Bonchev–Trinajstić information content (AvgIpc) is 3.27. The Morgan fingerprint density at radius 2 is 1.64 bits per heavy atom. The molecule has 1 aliphatic heterocycles. The second-order valence-corrected chi connectivity index (χ2v) is 8.46. The molecule has 0 aliphatic carbocycles. The standard InChI is InChI=1S/C23H25N3O6.C3H6.HO2P.2H3OP/c27-11-8-18-20(29)21(30)22(32-18)25-10-7-19(28)26(23(25)31)14-17-13-16(6-9-24-17)12-15-4-2-1-3-5-15;2*1-3-2;2*1-2/h1-7,9-10,13,18,20-22,27,29-30H,8,11-12,14H2;3H,1H2,2H3;(H,1,2);2*1H,2H2. The van der Waals surface area contributed by atoms with Gasteiger partial charge in [-0.2, -0.15) is 0 Å². The Balaban J connectivity index is 0.00000150. The monoisotopic (exact) mass is 645 g/mol. The summed E-state index contributed by atoms with van der Waals surface area (Å²) in [6.07, 6.45) is 0.820. The number of rotatable bonds is 7. The highest BCUT2D eigenvalue weighted by molar-refractivity contribution is 7.16. The molecule has 1 aromatic carbocycles. The van der Waals surface area contributed by atoms with Crippen LogP contribution in [0.5, 0.6) is 0 Å². The number of aliphatic hydroxyl groups excluding tert-OH is 3. The maximum atomic E-state index is 13.0. The van der Waals surface area contributed by atoms with E-state index in [1.165, 1.54) is 31.2 Å². The van der Waals surface area contributed by atoms with Gasteiger partial charge in [-0.15, -0.1) is 6.58 Å². The molecule has 6 unspecified atom stereocenters. The number of nitrogens with zero attached hydrogens (tertiary/aromatic N) is 3. The van der Waals surface area contributed by atoms with Crippen LogP contribution in [-0.2, 0) is 22.3 Å². The first-order valence-electron chi connectivity index (χ1n) is 12.3. The van der Waals surface area contributed by atoms with Gasteiger partial charge in [-0.05, 0) is 62.0 Å². The Labute approximate surface area is 249 Å². The molecule has 3 aromatic rings. The van der Waals surface area contributed by atoms with Gasteiger partial charge in [-0.25, -0.2) is 9.36 Å². The smallest absolute Gasteiger partial charge is 0.333 e. The molecular formula is C26H38N3O10P3. The molecule has 0 bridgehead atoms. The minimum atomic E-state index is -1.37. The van der Waals surface area contributed by atoms with Crippen LogP contribution in [0, 0.1) is 0 Å². The predicted molar refractivity (Wildman–Crippen MR) is 165 cm³/mol. The lowest BCUT2D eigenvalue weighted by molar-refractivity contribution is -0.0458. The highest BCUT2D eigenvalue weighted by Crippen LogP contribution is 2.29. The highest BCUT2D eigenvalue weighted by Gasteiger charge is 2.43. The van der Waals surface area contributed by atoms with Gasteiger partial charge < -0.3 is 34.7 Å². The first kappa shape index (κ1) is 39.5. The van der Waals surface area contributed by atoms with E-state index in [9.17, 15) is 19.8 Å². The zero-order chi connectivity index (χ0) is 32.1. The lowest BCUT2D eigenvalue weighted by Crippen LogP contribution is -2.43. The number of hydrogen-bond donors (Lipinski definition) is 6. The highest BCUT2D eigenvalue weighted by atomic mass is 31.1. The quantitative estimate of drug-likeness (QED) is 0.158. The minimum absolute atomic E-state index is 0.0490. The van der Waals surface area contributed by atoms with E-state index in [0.717, 1.165) is 20.3 Å². The molecule has 1 fully saturated rings. The molecule has 0 radical (unpaired) electrons. The number of aromatic nitrogens is 3. The number of aliphatic hydroxyl groups is 3. The van der Waals surface area contributed by atoms with E-state index in [-0.39, 0.29) is 19.6 Å². The second-order valence-electron chi connectivity index (χ2n) is 8.30. The van der Waals surface area contributed by atoms with Crippen LogP contribution < -0.4 is 11.2 Å². The fraction of sp³-hybridized carbons (Fsp3) is 0.346. The molecule has 6 atom stereocenters. The van der Waals surface area contributed by atoms with E-state index < -0.39 is 44.5 Å². The summed E-state index contributed by atoms with van der Waals surface area (Å²) in [5.74, 6) is 0. The van der Waals surface area contributed by atoms with E-state index in [1.54, 1.807) is 12.3 Å². The van der Waals surface area contributed by atoms with Crippen molar-refractivity contribution < 1.29 is 39.3 Å². The van der Waals surface area contributed by atoms with Crippen molar-refractivity contribution >= 4 is 27.6 Å². The Kier molecular flexibility index (Phi) is 21.6. The number of hydrogen-bond acceptors (Lipinski definition) is 10. The Bertz CT molecular complexity index is 1290. The maximum absolute atomic E-state index is 13.0. The van der Waals surface area contributed by atoms with Gasteiger partial charge in [0, 0.05) is 25.1 Å². The summed E-state index contributed by atoms with van der Waals surface area (Å²) >= 11 is 0. The van der Waals surface area contributed by atoms with Gasteiger partial charge in [0.1, 0.15) is 12.2 Å². The van der Waals surface area contributed by atoms with Crippen LogP contribution in [-0.4, -0.2) is 69.0 Å². The third-order valence-corrected chi connectivity index (χ3v) is 5.57. The third-order valence-electron chi connectivity index (χ3n) is 5.57. The summed E-state index contributed by atoms with van der Waals surface area (Å²) in [6.45, 7) is 4.97. The molecule has 3 heterocycles. The van der Waals surface area contributed by atoms with E-state index in [4.69, 9.17) is 29.1 Å². The molecule has 13 nitrogen and oxygen atoms in total. The first-order valence-corrected chi connectivity index (χ1v) is 14.1. The van der Waals surface area contributed by atoms with Crippen LogP contribution in [0.2, 0.25) is 0 Å². The van der Waals surface area contributed by atoms with Crippen molar-refractivity contribution in [3.8, 4) is 0 Å². The van der Waals surface area contributed by atoms with Gasteiger partial charge in [0.15, 0.2) is 6.23 Å². The molecule has 4 rings (SSSR count). The van der Waals surface area contributed by atoms with Crippen molar-refractivity contribution in [1.82, 2.24) is 14.1 Å². The van der Waals surface area contributed by atoms with Gasteiger partial charge >= 0.3 is 14.4 Å². The van der Waals surface area contributed by atoms with Gasteiger partial charge in [-0.3, -0.25) is 18.9 Å². The molecule has 42 heavy (non-hydrogen) atoms. The lowest BCUT2D eigenvalue weighted by atomic mass is 10.1. The van der Waals surface area contributed by atoms with Crippen molar-refractivity contribution in [1.29, 1.82) is 0 Å². The molecule has 0 saturated carbocycles. The van der Waals surface area contributed by atoms with Crippen LogP contribution in [0.1, 0.15) is 36.4 Å². The van der Waals surface area contributed by atoms with Gasteiger partial charge in [0.2, 0.25) is 0 Å². The number of allylic oxidation sites excluding steroid dienone is 1. The minimum Gasteiger partial charge on any atom is -0.396 e. The summed E-state index contributed by atoms with van der Waals surface area (Å²) < 4.78 is 16.1. The topological polar surface area (TPSA) is 205 Å². The fourth-order valence-electron chi connectivity index (χ4n) is 3.91. The van der Waals surface area contributed by atoms with E-state index in [2.05, 4.69) is 11.6 Å². The number of benzene rings is 1. The summed E-state index contributed by atoms with van der Waals surface area (Å²) in [6, 6.07) is 14.8. The van der Waals surface area contributed by atoms with Crippen molar-refractivity contribution in [3.05, 3.63) is 111 Å². The lowest BCUT2D eigenvalue weighted by Gasteiger charge is -2.18. The van der Waals surface area contributed by atoms with Crippen LogP contribution in [0.3, 0.4) is 0 Å². The molecular weight excluding hydrogens is 607 g/mol. The number of ether oxygens (including phenoxy) is 1. The summed E-state index contributed by atoms with van der Waals surface area (Å²) in [5, 5.41) is 29.6. The molecule has 1 saturated heterocycles. The number of pyridine rings is 1. The van der Waals surface area contributed by atoms with Crippen molar-refractivity contribution in [2.24, 2.45) is 0 Å². The predicted octanol–water partition coefficient (Wildman–Crippen LogP) is 0.961. The first-order chi connectivity index (χ1) is 20.3. The Morgan fingerprint density at radius 3 is 2.21 bits per heavy atom. The van der Waals surface area contributed by atoms with Crippen LogP contribution >= 0.6 is 27.6 Å². The van der Waals surface area contributed by atoms with E-state index in [1.807, 2.05) is 49.4 Å². The van der Waals surface area contributed by atoms with E-state index >= 15 is 0 Å². The molecule has 0 spiro atoms. The largest absolute Gasteiger partial charge is 0.396 e.